The van der Waals surface area contributed by atoms with Gasteiger partial charge in [0.1, 0.15) is 0 Å². The van der Waals surface area contributed by atoms with Crippen LogP contribution in [-0.2, 0) is 0 Å². The van der Waals surface area contributed by atoms with Gasteiger partial charge in [0.15, 0.2) is 0 Å². The Balaban J connectivity index is 3.69. The van der Waals surface area contributed by atoms with Gasteiger partial charge in [-0.05, 0) is 13.0 Å². The zero-order chi connectivity index (χ0) is 8.53. The largest absolute Gasteiger partial charge is 0.369 e. The quantitative estimate of drug-likeness (QED) is 0.265. The molecule has 0 aromatic carbocycles. The van der Waals surface area contributed by atoms with E-state index in [0.717, 1.165) is 0 Å². The van der Waals surface area contributed by atoms with E-state index in [2.05, 4.69) is 10.2 Å². The first-order valence-corrected chi connectivity index (χ1v) is 3.17. The molecule has 0 saturated heterocycles. The molecular formula is C7H12N4. The maximum Gasteiger partial charge on any atom is 0.211 e. The Labute approximate surface area is 66.0 Å². The van der Waals surface area contributed by atoms with Crippen LogP contribution in [0.15, 0.2) is 34.5 Å². The fourth-order valence-electron chi connectivity index (χ4n) is 0.363. The predicted octanol–water partition coefficient (Wildman–Crippen LogP) is 0.378. The summed E-state index contributed by atoms with van der Waals surface area (Å²) in [5.74, 6) is -0.0410. The Hall–Kier alpha value is -1.58. The summed E-state index contributed by atoms with van der Waals surface area (Å²) in [5.41, 5.74) is 10.0. The fourth-order valence-corrected chi connectivity index (χ4v) is 0.363. The van der Waals surface area contributed by atoms with E-state index in [4.69, 9.17) is 11.5 Å². The van der Waals surface area contributed by atoms with E-state index < -0.39 is 0 Å². The Bertz CT molecular complexity index is 196. The predicted molar refractivity (Wildman–Crippen MR) is 48.3 cm³/mol. The Morgan fingerprint density at radius 3 is 2.45 bits per heavy atom. The molecule has 0 aliphatic carbocycles. The van der Waals surface area contributed by atoms with Crippen LogP contribution in [0.3, 0.4) is 0 Å². The van der Waals surface area contributed by atoms with Crippen LogP contribution in [0.1, 0.15) is 6.92 Å². The average molecular weight is 152 g/mol. The first kappa shape index (κ1) is 9.42. The number of hydrogen-bond donors (Lipinski definition) is 2. The highest BCUT2D eigenvalue weighted by Gasteiger charge is 1.69. The fraction of sp³-hybridized carbons (Fsp3) is 0.143. The van der Waals surface area contributed by atoms with Crippen LogP contribution in [0, 0.1) is 0 Å². The summed E-state index contributed by atoms with van der Waals surface area (Å²) in [6.07, 6.45) is 8.84. The molecule has 0 atom stereocenters. The highest BCUT2D eigenvalue weighted by atomic mass is 15.3. The normalized spacial score (nSPS) is 11.7. The van der Waals surface area contributed by atoms with Gasteiger partial charge in [0.05, 0.1) is 0 Å². The van der Waals surface area contributed by atoms with Crippen LogP contribution in [0.5, 0.6) is 0 Å². The molecule has 4 nitrogen and oxygen atoms in total. The zero-order valence-electron chi connectivity index (χ0n) is 6.44. The van der Waals surface area contributed by atoms with Crippen molar-refractivity contribution in [2.24, 2.45) is 21.7 Å². The van der Waals surface area contributed by atoms with Crippen molar-refractivity contribution in [3.05, 3.63) is 24.3 Å². The van der Waals surface area contributed by atoms with Crippen LogP contribution in [0.2, 0.25) is 0 Å². The second-order valence-electron chi connectivity index (χ2n) is 1.70. The lowest BCUT2D eigenvalue weighted by Crippen LogP contribution is -2.21. The maximum atomic E-state index is 5.01. The van der Waals surface area contributed by atoms with Crippen molar-refractivity contribution in [3.8, 4) is 0 Å². The van der Waals surface area contributed by atoms with Gasteiger partial charge in [-0.1, -0.05) is 18.2 Å². The third-order valence-electron chi connectivity index (χ3n) is 0.741. The van der Waals surface area contributed by atoms with E-state index in [1.54, 1.807) is 6.08 Å². The van der Waals surface area contributed by atoms with Crippen molar-refractivity contribution in [3.63, 3.8) is 0 Å². The van der Waals surface area contributed by atoms with Crippen molar-refractivity contribution in [1.29, 1.82) is 0 Å². The van der Waals surface area contributed by atoms with Gasteiger partial charge in [0, 0.05) is 6.21 Å². The molecule has 0 aromatic rings. The number of rotatable bonds is 3. The Kier molecular flexibility index (Phi) is 5.60. The standard InChI is InChI=1S/C7H12N4/c1-2-3-4-5-6-10-11-7(8)9/h2-6H,1H3,(H4,8,9,11). The summed E-state index contributed by atoms with van der Waals surface area (Å²) in [5, 5.41) is 6.92. The second-order valence-corrected chi connectivity index (χ2v) is 1.70. The molecule has 11 heavy (non-hydrogen) atoms. The third kappa shape index (κ3) is 8.42. The number of guanidine groups is 1. The molecule has 0 aliphatic rings. The number of nitrogens with two attached hydrogens (primary N) is 2. The van der Waals surface area contributed by atoms with Crippen LogP contribution >= 0.6 is 0 Å². The highest BCUT2D eigenvalue weighted by molar-refractivity contribution is 5.77. The van der Waals surface area contributed by atoms with Crippen molar-refractivity contribution in [1.82, 2.24) is 0 Å². The highest BCUT2D eigenvalue weighted by Crippen LogP contribution is 1.74. The Morgan fingerprint density at radius 2 is 1.91 bits per heavy atom. The van der Waals surface area contributed by atoms with E-state index in [1.165, 1.54) is 6.21 Å². The van der Waals surface area contributed by atoms with Gasteiger partial charge in [-0.25, -0.2) is 0 Å². The van der Waals surface area contributed by atoms with Gasteiger partial charge in [-0.3, -0.25) is 0 Å². The first-order valence-electron chi connectivity index (χ1n) is 3.17. The Morgan fingerprint density at radius 1 is 1.18 bits per heavy atom. The van der Waals surface area contributed by atoms with E-state index in [-0.39, 0.29) is 5.96 Å². The molecule has 0 amide bonds. The molecule has 0 radical (unpaired) electrons. The smallest absolute Gasteiger partial charge is 0.211 e. The lowest BCUT2D eigenvalue weighted by Gasteiger charge is -1.80. The summed E-state index contributed by atoms with van der Waals surface area (Å²) in [7, 11) is 0. The molecule has 60 valence electrons. The van der Waals surface area contributed by atoms with E-state index in [1.807, 2.05) is 25.2 Å². The second kappa shape index (κ2) is 6.54. The van der Waals surface area contributed by atoms with Crippen molar-refractivity contribution in [2.45, 2.75) is 6.92 Å². The first-order chi connectivity index (χ1) is 5.27. The summed E-state index contributed by atoms with van der Waals surface area (Å²) in [6.45, 7) is 1.93. The maximum absolute atomic E-state index is 5.01. The SMILES string of the molecule is CC=CC=CC=NN=C(N)N. The lowest BCUT2D eigenvalue weighted by atomic mass is 10.4. The lowest BCUT2D eigenvalue weighted by molar-refractivity contribution is 1.22. The minimum Gasteiger partial charge on any atom is -0.369 e. The van der Waals surface area contributed by atoms with Crippen molar-refractivity contribution in [2.75, 3.05) is 0 Å². The molecule has 0 rings (SSSR count). The van der Waals surface area contributed by atoms with Crippen LogP contribution in [0.25, 0.3) is 0 Å². The van der Waals surface area contributed by atoms with Gasteiger partial charge in [-0.15, -0.1) is 5.10 Å². The summed E-state index contributed by atoms with van der Waals surface area (Å²) in [6, 6.07) is 0. The van der Waals surface area contributed by atoms with Gasteiger partial charge >= 0.3 is 0 Å². The summed E-state index contributed by atoms with van der Waals surface area (Å²) >= 11 is 0. The van der Waals surface area contributed by atoms with Gasteiger partial charge in [0.25, 0.3) is 0 Å². The number of nitrogens with zero attached hydrogens (tertiary/aromatic N) is 2. The molecule has 0 bridgehead atoms. The molecule has 0 unspecified atom stereocenters. The minimum atomic E-state index is -0.0410. The molecule has 0 heterocycles. The average Bonchev–Trinajstić information content (AvgIpc) is 1.96. The van der Waals surface area contributed by atoms with Crippen LogP contribution in [-0.4, -0.2) is 12.2 Å². The molecular weight excluding hydrogens is 140 g/mol. The summed E-state index contributed by atoms with van der Waals surface area (Å²) < 4.78 is 0. The van der Waals surface area contributed by atoms with E-state index in [0.29, 0.717) is 0 Å². The monoisotopic (exact) mass is 152 g/mol. The van der Waals surface area contributed by atoms with E-state index in [9.17, 15) is 0 Å². The number of hydrogen-bond acceptors (Lipinski definition) is 2. The molecule has 0 aliphatic heterocycles. The van der Waals surface area contributed by atoms with Crippen LogP contribution < -0.4 is 11.5 Å². The zero-order valence-corrected chi connectivity index (χ0v) is 6.44. The van der Waals surface area contributed by atoms with Crippen molar-refractivity contribution >= 4 is 12.2 Å². The third-order valence-corrected chi connectivity index (χ3v) is 0.741. The van der Waals surface area contributed by atoms with Gasteiger partial charge in [0.2, 0.25) is 5.96 Å². The van der Waals surface area contributed by atoms with Gasteiger partial charge in [-0.2, -0.15) is 5.10 Å². The van der Waals surface area contributed by atoms with Crippen LogP contribution in [0.4, 0.5) is 0 Å². The molecule has 0 saturated carbocycles. The van der Waals surface area contributed by atoms with Crippen molar-refractivity contribution < 1.29 is 0 Å². The summed E-state index contributed by atoms with van der Waals surface area (Å²) in [4.78, 5) is 0. The molecule has 0 spiro atoms. The van der Waals surface area contributed by atoms with E-state index >= 15 is 0 Å². The molecule has 4 N–H and O–H groups in total. The number of allylic oxidation sites excluding steroid dienone is 4. The topological polar surface area (TPSA) is 76.8 Å². The van der Waals surface area contributed by atoms with Gasteiger partial charge < -0.3 is 11.5 Å². The minimum absolute atomic E-state index is 0.0410. The molecule has 0 aromatic heterocycles. The molecule has 0 fully saturated rings. The molecule has 4 heteroatoms.